The van der Waals surface area contributed by atoms with Crippen LogP contribution in [0.3, 0.4) is 0 Å². The van der Waals surface area contributed by atoms with Crippen LogP contribution < -0.4 is 10.1 Å². The molecule has 3 nitrogen and oxygen atoms in total. The molecular weight excluding hydrogens is 342 g/mol. The number of benzene rings is 2. The van der Waals surface area contributed by atoms with Crippen molar-refractivity contribution in [2.45, 2.75) is 13.0 Å². The number of anilines is 1. The maximum atomic E-state index is 9.97. The minimum atomic E-state index is -0.0973. The number of hydrogen-bond acceptors (Lipinski definition) is 3. The molecule has 0 aliphatic heterocycles. The second-order valence-corrected chi connectivity index (χ2v) is 5.59. The standard InChI is InChI=1S/C15H15BrClNO2/c1-9(11-8-10(20-2)6-7-14(11)19)18-13-5-3-4-12(17)15(13)16/h3-9,18-19H,1-2H3. The average molecular weight is 357 g/mol. The molecule has 0 spiro atoms. The summed E-state index contributed by atoms with van der Waals surface area (Å²) in [7, 11) is 1.60. The number of nitrogens with one attached hydrogen (secondary N) is 1. The van der Waals surface area contributed by atoms with Gasteiger partial charge in [0.05, 0.1) is 28.3 Å². The van der Waals surface area contributed by atoms with Gasteiger partial charge < -0.3 is 15.2 Å². The highest BCUT2D eigenvalue weighted by molar-refractivity contribution is 9.10. The summed E-state index contributed by atoms with van der Waals surface area (Å²) in [6.07, 6.45) is 0. The Morgan fingerprint density at radius 2 is 2.05 bits per heavy atom. The summed E-state index contributed by atoms with van der Waals surface area (Å²) in [6.45, 7) is 1.96. The van der Waals surface area contributed by atoms with E-state index in [2.05, 4.69) is 21.2 Å². The number of methoxy groups -OCH3 is 1. The molecule has 2 N–H and O–H groups in total. The lowest BCUT2D eigenvalue weighted by atomic mass is 10.1. The summed E-state index contributed by atoms with van der Waals surface area (Å²) >= 11 is 9.51. The first-order chi connectivity index (χ1) is 9.52. The van der Waals surface area contributed by atoms with Gasteiger partial charge in [-0.15, -0.1) is 0 Å². The quantitative estimate of drug-likeness (QED) is 0.811. The Morgan fingerprint density at radius 3 is 2.75 bits per heavy atom. The van der Waals surface area contributed by atoms with Gasteiger partial charge in [0.2, 0.25) is 0 Å². The topological polar surface area (TPSA) is 41.5 Å². The van der Waals surface area contributed by atoms with Crippen molar-refractivity contribution in [3.63, 3.8) is 0 Å². The van der Waals surface area contributed by atoms with E-state index in [-0.39, 0.29) is 11.8 Å². The van der Waals surface area contributed by atoms with Crippen LogP contribution in [0, 0.1) is 0 Å². The minimum Gasteiger partial charge on any atom is -0.508 e. The molecular formula is C15H15BrClNO2. The zero-order chi connectivity index (χ0) is 14.7. The first-order valence-electron chi connectivity index (χ1n) is 6.10. The molecule has 106 valence electrons. The fourth-order valence-corrected chi connectivity index (χ4v) is 2.49. The van der Waals surface area contributed by atoms with E-state index in [1.54, 1.807) is 19.2 Å². The van der Waals surface area contributed by atoms with Crippen LogP contribution in [0.25, 0.3) is 0 Å². The van der Waals surface area contributed by atoms with Gasteiger partial charge in [-0.25, -0.2) is 0 Å². The Hall–Kier alpha value is -1.39. The first-order valence-corrected chi connectivity index (χ1v) is 7.27. The summed E-state index contributed by atoms with van der Waals surface area (Å²) in [5.41, 5.74) is 1.63. The van der Waals surface area contributed by atoms with Crippen LogP contribution in [-0.4, -0.2) is 12.2 Å². The van der Waals surface area contributed by atoms with Gasteiger partial charge in [0.1, 0.15) is 11.5 Å². The molecule has 2 aromatic carbocycles. The Bertz CT molecular complexity index is 619. The third-order valence-corrected chi connectivity index (χ3v) is 4.42. The molecule has 20 heavy (non-hydrogen) atoms. The molecule has 5 heteroatoms. The highest BCUT2D eigenvalue weighted by Crippen LogP contribution is 2.35. The van der Waals surface area contributed by atoms with Gasteiger partial charge in [-0.1, -0.05) is 17.7 Å². The van der Waals surface area contributed by atoms with Gasteiger partial charge in [-0.3, -0.25) is 0 Å². The molecule has 2 aromatic rings. The van der Waals surface area contributed by atoms with Crippen LogP contribution in [0.2, 0.25) is 5.02 Å². The highest BCUT2D eigenvalue weighted by Gasteiger charge is 2.13. The van der Waals surface area contributed by atoms with E-state index < -0.39 is 0 Å². The van der Waals surface area contributed by atoms with Crippen molar-refractivity contribution in [3.05, 3.63) is 51.5 Å². The number of hydrogen-bond donors (Lipinski definition) is 2. The molecule has 0 amide bonds. The molecule has 2 rings (SSSR count). The summed E-state index contributed by atoms with van der Waals surface area (Å²) in [4.78, 5) is 0. The maximum Gasteiger partial charge on any atom is 0.121 e. The molecule has 0 radical (unpaired) electrons. The van der Waals surface area contributed by atoms with Crippen molar-refractivity contribution in [1.29, 1.82) is 0 Å². The SMILES string of the molecule is COc1ccc(O)c(C(C)Nc2cccc(Cl)c2Br)c1. The van der Waals surface area contributed by atoms with Crippen molar-refractivity contribution >= 4 is 33.2 Å². The van der Waals surface area contributed by atoms with E-state index in [0.29, 0.717) is 10.8 Å². The second-order valence-electron chi connectivity index (χ2n) is 4.39. The Morgan fingerprint density at radius 1 is 1.30 bits per heavy atom. The molecule has 0 fully saturated rings. The fraction of sp³-hybridized carbons (Fsp3) is 0.200. The molecule has 0 aliphatic rings. The molecule has 1 atom stereocenters. The van der Waals surface area contributed by atoms with Crippen molar-refractivity contribution < 1.29 is 9.84 Å². The van der Waals surface area contributed by atoms with Gasteiger partial charge in [0, 0.05) is 5.56 Å². The number of ether oxygens (including phenoxy) is 1. The first kappa shape index (κ1) is 15.0. The lowest BCUT2D eigenvalue weighted by Crippen LogP contribution is -2.07. The van der Waals surface area contributed by atoms with E-state index >= 15 is 0 Å². The monoisotopic (exact) mass is 355 g/mol. The predicted molar refractivity (Wildman–Crippen MR) is 85.8 cm³/mol. The minimum absolute atomic E-state index is 0.0973. The van der Waals surface area contributed by atoms with Crippen LogP contribution in [-0.2, 0) is 0 Å². The molecule has 0 heterocycles. The van der Waals surface area contributed by atoms with E-state index in [1.807, 2.05) is 31.2 Å². The molecule has 0 aliphatic carbocycles. The summed E-state index contributed by atoms with van der Waals surface area (Å²) < 4.78 is 5.99. The molecule has 0 saturated carbocycles. The summed E-state index contributed by atoms with van der Waals surface area (Å²) in [6, 6.07) is 10.7. The lowest BCUT2D eigenvalue weighted by molar-refractivity contribution is 0.410. The second kappa shape index (κ2) is 6.37. The van der Waals surface area contributed by atoms with Gasteiger partial charge in [-0.2, -0.15) is 0 Å². The lowest BCUT2D eigenvalue weighted by Gasteiger charge is -2.19. The number of phenolic OH excluding ortho intramolecular Hbond substituents is 1. The van der Waals surface area contributed by atoms with Gasteiger partial charge in [-0.05, 0) is 53.2 Å². The van der Waals surface area contributed by atoms with Crippen LogP contribution >= 0.6 is 27.5 Å². The largest absolute Gasteiger partial charge is 0.508 e. The van der Waals surface area contributed by atoms with Gasteiger partial charge in [0.15, 0.2) is 0 Å². The third kappa shape index (κ3) is 3.19. The number of halogens is 2. The Balaban J connectivity index is 2.28. The molecule has 1 unspecified atom stereocenters. The zero-order valence-electron chi connectivity index (χ0n) is 11.2. The van der Waals surface area contributed by atoms with Crippen molar-refractivity contribution in [2.75, 3.05) is 12.4 Å². The van der Waals surface area contributed by atoms with Crippen LogP contribution in [0.15, 0.2) is 40.9 Å². The third-order valence-electron chi connectivity index (χ3n) is 3.02. The smallest absolute Gasteiger partial charge is 0.121 e. The number of rotatable bonds is 4. The van der Waals surface area contributed by atoms with E-state index in [9.17, 15) is 5.11 Å². The van der Waals surface area contributed by atoms with Gasteiger partial charge in [0.25, 0.3) is 0 Å². The molecule has 0 aromatic heterocycles. The maximum absolute atomic E-state index is 9.97. The van der Waals surface area contributed by atoms with Crippen LogP contribution in [0.5, 0.6) is 11.5 Å². The van der Waals surface area contributed by atoms with E-state index in [0.717, 1.165) is 15.7 Å². The fourth-order valence-electron chi connectivity index (χ4n) is 1.93. The van der Waals surface area contributed by atoms with E-state index in [1.165, 1.54) is 0 Å². The zero-order valence-corrected chi connectivity index (χ0v) is 13.5. The summed E-state index contributed by atoms with van der Waals surface area (Å²) in [5.74, 6) is 0.931. The van der Waals surface area contributed by atoms with Crippen molar-refractivity contribution in [1.82, 2.24) is 0 Å². The summed E-state index contributed by atoms with van der Waals surface area (Å²) in [5, 5.41) is 13.9. The highest BCUT2D eigenvalue weighted by atomic mass is 79.9. The van der Waals surface area contributed by atoms with Gasteiger partial charge >= 0.3 is 0 Å². The predicted octanol–water partition coefficient (Wildman–Crippen LogP) is 4.99. The van der Waals surface area contributed by atoms with Crippen molar-refractivity contribution in [3.8, 4) is 11.5 Å². The van der Waals surface area contributed by atoms with Crippen LogP contribution in [0.1, 0.15) is 18.5 Å². The normalized spacial score (nSPS) is 12.0. The Labute approximate surface area is 131 Å². The van der Waals surface area contributed by atoms with Crippen LogP contribution in [0.4, 0.5) is 5.69 Å². The average Bonchev–Trinajstić information content (AvgIpc) is 2.44. The number of phenols is 1. The van der Waals surface area contributed by atoms with E-state index in [4.69, 9.17) is 16.3 Å². The molecule has 0 saturated heterocycles. The molecule has 0 bridgehead atoms. The number of aromatic hydroxyl groups is 1. The Kier molecular flexibility index (Phi) is 4.78. The van der Waals surface area contributed by atoms with Crippen molar-refractivity contribution in [2.24, 2.45) is 0 Å².